The van der Waals surface area contributed by atoms with E-state index in [0.29, 0.717) is 18.1 Å². The lowest BCUT2D eigenvalue weighted by Crippen LogP contribution is -1.98. The SMILES string of the molecule is CCOc1ccc(Oc2c(N)ccc(F)c2F)cc1. The van der Waals surface area contributed by atoms with Gasteiger partial charge in [-0.15, -0.1) is 0 Å². The summed E-state index contributed by atoms with van der Waals surface area (Å²) < 4.78 is 37.2. The molecule has 0 amide bonds. The molecule has 0 spiro atoms. The topological polar surface area (TPSA) is 44.5 Å². The smallest absolute Gasteiger partial charge is 0.203 e. The number of benzene rings is 2. The molecule has 0 bridgehead atoms. The third-order valence-corrected chi connectivity index (χ3v) is 2.44. The van der Waals surface area contributed by atoms with Crippen molar-refractivity contribution in [3.8, 4) is 17.2 Å². The molecule has 2 rings (SSSR count). The van der Waals surface area contributed by atoms with E-state index in [1.807, 2.05) is 6.92 Å². The molecule has 0 aliphatic rings. The zero-order chi connectivity index (χ0) is 13.8. The van der Waals surface area contributed by atoms with Crippen molar-refractivity contribution in [1.29, 1.82) is 0 Å². The Kier molecular flexibility index (Phi) is 3.85. The van der Waals surface area contributed by atoms with E-state index in [1.165, 1.54) is 6.07 Å². The number of nitrogen functional groups attached to an aromatic ring is 1. The Labute approximate surface area is 109 Å². The molecule has 2 aromatic rings. The van der Waals surface area contributed by atoms with Gasteiger partial charge in [0.1, 0.15) is 11.5 Å². The summed E-state index contributed by atoms with van der Waals surface area (Å²) in [5.41, 5.74) is 5.59. The predicted octanol–water partition coefficient (Wildman–Crippen LogP) is 3.74. The molecule has 100 valence electrons. The Hall–Kier alpha value is -2.30. The van der Waals surface area contributed by atoms with Gasteiger partial charge in [-0.3, -0.25) is 0 Å². The first-order valence-corrected chi connectivity index (χ1v) is 5.76. The van der Waals surface area contributed by atoms with Gasteiger partial charge < -0.3 is 15.2 Å². The molecule has 0 saturated heterocycles. The van der Waals surface area contributed by atoms with E-state index < -0.39 is 11.6 Å². The van der Waals surface area contributed by atoms with Gasteiger partial charge in [0.05, 0.1) is 12.3 Å². The average Bonchev–Trinajstić information content (AvgIpc) is 2.41. The van der Waals surface area contributed by atoms with Crippen LogP contribution in [0.25, 0.3) is 0 Å². The molecule has 0 radical (unpaired) electrons. The molecule has 0 saturated carbocycles. The Balaban J connectivity index is 2.24. The normalized spacial score (nSPS) is 10.3. The fourth-order valence-electron chi connectivity index (χ4n) is 1.54. The molecule has 0 aromatic heterocycles. The van der Waals surface area contributed by atoms with Crippen LogP contribution >= 0.6 is 0 Å². The highest BCUT2D eigenvalue weighted by Gasteiger charge is 2.14. The highest BCUT2D eigenvalue weighted by atomic mass is 19.2. The van der Waals surface area contributed by atoms with Crippen molar-refractivity contribution in [2.75, 3.05) is 12.3 Å². The van der Waals surface area contributed by atoms with Crippen molar-refractivity contribution in [3.63, 3.8) is 0 Å². The van der Waals surface area contributed by atoms with E-state index in [0.717, 1.165) is 6.07 Å². The summed E-state index contributed by atoms with van der Waals surface area (Å²) in [5.74, 6) is -1.41. The minimum Gasteiger partial charge on any atom is -0.494 e. The molecule has 0 unspecified atom stereocenters. The van der Waals surface area contributed by atoms with Crippen LogP contribution in [0.2, 0.25) is 0 Å². The number of hydrogen-bond acceptors (Lipinski definition) is 3. The second kappa shape index (κ2) is 5.56. The number of rotatable bonds is 4. The van der Waals surface area contributed by atoms with Crippen LogP contribution in [0.15, 0.2) is 36.4 Å². The summed E-state index contributed by atoms with van der Waals surface area (Å²) in [6, 6.07) is 8.74. The van der Waals surface area contributed by atoms with Gasteiger partial charge in [0.25, 0.3) is 0 Å². The molecule has 0 atom stereocenters. The Morgan fingerprint density at radius 3 is 2.26 bits per heavy atom. The molecule has 0 aliphatic carbocycles. The summed E-state index contributed by atoms with van der Waals surface area (Å²) in [5, 5.41) is 0. The Morgan fingerprint density at radius 2 is 1.63 bits per heavy atom. The Bertz CT molecular complexity index is 570. The van der Waals surface area contributed by atoms with Gasteiger partial charge in [-0.25, -0.2) is 4.39 Å². The highest BCUT2D eigenvalue weighted by Crippen LogP contribution is 2.32. The van der Waals surface area contributed by atoms with E-state index >= 15 is 0 Å². The second-order valence-corrected chi connectivity index (χ2v) is 3.79. The van der Waals surface area contributed by atoms with Crippen LogP contribution < -0.4 is 15.2 Å². The lowest BCUT2D eigenvalue weighted by Gasteiger charge is -2.10. The van der Waals surface area contributed by atoms with E-state index in [9.17, 15) is 8.78 Å². The van der Waals surface area contributed by atoms with E-state index in [4.69, 9.17) is 15.2 Å². The molecule has 2 aromatic carbocycles. The van der Waals surface area contributed by atoms with Gasteiger partial charge in [0.2, 0.25) is 5.82 Å². The summed E-state index contributed by atoms with van der Waals surface area (Å²) in [6.45, 7) is 2.42. The van der Waals surface area contributed by atoms with Gasteiger partial charge in [-0.05, 0) is 43.3 Å². The van der Waals surface area contributed by atoms with Crippen LogP contribution in [0.4, 0.5) is 14.5 Å². The monoisotopic (exact) mass is 265 g/mol. The number of halogens is 2. The molecule has 2 N–H and O–H groups in total. The van der Waals surface area contributed by atoms with Crippen molar-refractivity contribution >= 4 is 5.69 Å². The molecular formula is C14H13F2NO2. The summed E-state index contributed by atoms with van der Waals surface area (Å²) in [4.78, 5) is 0. The van der Waals surface area contributed by atoms with E-state index in [-0.39, 0.29) is 11.4 Å². The minimum atomic E-state index is -1.10. The van der Waals surface area contributed by atoms with Crippen molar-refractivity contribution in [3.05, 3.63) is 48.0 Å². The van der Waals surface area contributed by atoms with Gasteiger partial charge in [-0.1, -0.05) is 0 Å². The molecule has 3 nitrogen and oxygen atoms in total. The van der Waals surface area contributed by atoms with Gasteiger partial charge in [-0.2, -0.15) is 4.39 Å². The van der Waals surface area contributed by atoms with E-state index in [2.05, 4.69) is 0 Å². The zero-order valence-electron chi connectivity index (χ0n) is 10.3. The summed E-state index contributed by atoms with van der Waals surface area (Å²) in [7, 11) is 0. The fraction of sp³-hybridized carbons (Fsp3) is 0.143. The van der Waals surface area contributed by atoms with Crippen LogP contribution in [0, 0.1) is 11.6 Å². The minimum absolute atomic E-state index is 0.0350. The largest absolute Gasteiger partial charge is 0.494 e. The summed E-state index contributed by atoms with van der Waals surface area (Å²) >= 11 is 0. The first-order valence-electron chi connectivity index (χ1n) is 5.76. The van der Waals surface area contributed by atoms with Crippen molar-refractivity contribution in [2.24, 2.45) is 0 Å². The van der Waals surface area contributed by atoms with Crippen molar-refractivity contribution < 1.29 is 18.3 Å². The van der Waals surface area contributed by atoms with Crippen LogP contribution in [0.3, 0.4) is 0 Å². The highest BCUT2D eigenvalue weighted by molar-refractivity contribution is 5.55. The molecule has 19 heavy (non-hydrogen) atoms. The summed E-state index contributed by atoms with van der Waals surface area (Å²) in [6.07, 6.45) is 0. The van der Waals surface area contributed by atoms with Gasteiger partial charge >= 0.3 is 0 Å². The molecular weight excluding hydrogens is 252 g/mol. The van der Waals surface area contributed by atoms with Gasteiger partial charge in [0, 0.05) is 0 Å². The third-order valence-electron chi connectivity index (χ3n) is 2.44. The quantitative estimate of drug-likeness (QED) is 0.856. The first kappa shape index (κ1) is 13.1. The predicted molar refractivity (Wildman–Crippen MR) is 68.5 cm³/mol. The maximum absolute atomic E-state index is 13.5. The van der Waals surface area contributed by atoms with Crippen molar-refractivity contribution in [2.45, 2.75) is 6.92 Å². The maximum Gasteiger partial charge on any atom is 0.203 e. The number of hydrogen-bond donors (Lipinski definition) is 1. The molecule has 0 heterocycles. The lowest BCUT2D eigenvalue weighted by atomic mass is 10.2. The van der Waals surface area contributed by atoms with Crippen LogP contribution in [0.5, 0.6) is 17.2 Å². The van der Waals surface area contributed by atoms with E-state index in [1.54, 1.807) is 24.3 Å². The van der Waals surface area contributed by atoms with Crippen LogP contribution in [0.1, 0.15) is 6.92 Å². The van der Waals surface area contributed by atoms with Crippen molar-refractivity contribution in [1.82, 2.24) is 0 Å². The lowest BCUT2D eigenvalue weighted by molar-refractivity contribution is 0.339. The number of anilines is 1. The Morgan fingerprint density at radius 1 is 1.00 bits per heavy atom. The fourth-order valence-corrected chi connectivity index (χ4v) is 1.54. The first-order chi connectivity index (χ1) is 9.11. The maximum atomic E-state index is 13.5. The second-order valence-electron chi connectivity index (χ2n) is 3.79. The standard InChI is InChI=1S/C14H13F2NO2/c1-2-18-9-3-5-10(6-4-9)19-14-12(17)8-7-11(15)13(14)16/h3-8H,2,17H2,1H3. The van der Waals surface area contributed by atoms with Crippen LogP contribution in [-0.2, 0) is 0 Å². The number of ether oxygens (including phenoxy) is 2. The van der Waals surface area contributed by atoms with Crippen LogP contribution in [-0.4, -0.2) is 6.61 Å². The molecule has 5 heteroatoms. The molecule has 0 fully saturated rings. The average molecular weight is 265 g/mol. The number of nitrogens with two attached hydrogens (primary N) is 1. The molecule has 0 aliphatic heterocycles. The third kappa shape index (κ3) is 2.93. The van der Waals surface area contributed by atoms with Gasteiger partial charge in [0.15, 0.2) is 11.6 Å². The zero-order valence-corrected chi connectivity index (χ0v) is 10.3.